The van der Waals surface area contributed by atoms with E-state index in [0.29, 0.717) is 19.3 Å². The molecule has 1 aliphatic heterocycles. The van der Waals surface area contributed by atoms with E-state index in [9.17, 15) is 0 Å². The number of hydrogen-bond acceptors (Lipinski definition) is 4. The molecule has 0 spiro atoms. The van der Waals surface area contributed by atoms with E-state index in [-0.39, 0.29) is 0 Å². The average Bonchev–Trinajstić information content (AvgIpc) is 2.64. The van der Waals surface area contributed by atoms with E-state index in [4.69, 9.17) is 9.47 Å². The van der Waals surface area contributed by atoms with Crippen LogP contribution in [0.3, 0.4) is 0 Å². The van der Waals surface area contributed by atoms with Crippen LogP contribution in [-0.4, -0.2) is 64.1 Å². The molecule has 0 aromatic carbocycles. The lowest BCUT2D eigenvalue weighted by Gasteiger charge is -2.19. The maximum absolute atomic E-state index is 5.46. The van der Waals surface area contributed by atoms with Crippen molar-refractivity contribution < 1.29 is 9.47 Å². The van der Waals surface area contributed by atoms with E-state index < -0.39 is 0 Å². The van der Waals surface area contributed by atoms with Gasteiger partial charge in [0.05, 0.1) is 13.2 Å². The highest BCUT2D eigenvalue weighted by Gasteiger charge is 2.15. The number of nitrogens with zero attached hydrogens (tertiary/aromatic N) is 1. The molecule has 0 aromatic heterocycles. The minimum absolute atomic E-state index is 0.698. The molecular formula is C15H32N2O2. The minimum atomic E-state index is 0.698. The summed E-state index contributed by atoms with van der Waals surface area (Å²) in [7, 11) is 1.71. The van der Waals surface area contributed by atoms with Crippen LogP contribution in [0.2, 0.25) is 0 Å². The first kappa shape index (κ1) is 16.9. The molecule has 1 unspecified atom stereocenters. The van der Waals surface area contributed by atoms with E-state index in [0.717, 1.165) is 19.6 Å². The van der Waals surface area contributed by atoms with Crippen molar-refractivity contribution in [2.24, 2.45) is 0 Å². The summed E-state index contributed by atoms with van der Waals surface area (Å²) in [5.41, 5.74) is 0. The number of likely N-dealkylation sites (tertiary alicyclic amines) is 1. The van der Waals surface area contributed by atoms with Crippen molar-refractivity contribution >= 4 is 0 Å². The summed E-state index contributed by atoms with van der Waals surface area (Å²) in [5.74, 6) is 0. The summed E-state index contributed by atoms with van der Waals surface area (Å²) in [5, 5.41) is 3.68. The van der Waals surface area contributed by atoms with Gasteiger partial charge in [0.1, 0.15) is 0 Å². The van der Waals surface area contributed by atoms with Gasteiger partial charge in [-0.25, -0.2) is 0 Å². The van der Waals surface area contributed by atoms with Crippen molar-refractivity contribution in [1.82, 2.24) is 10.2 Å². The number of nitrogens with one attached hydrogen (secondary N) is 1. The fraction of sp³-hybridized carbons (Fsp3) is 1.00. The van der Waals surface area contributed by atoms with Crippen LogP contribution in [0, 0.1) is 0 Å². The first-order valence-corrected chi connectivity index (χ1v) is 7.89. The monoisotopic (exact) mass is 272 g/mol. The lowest BCUT2D eigenvalue weighted by Crippen LogP contribution is -2.32. The summed E-state index contributed by atoms with van der Waals surface area (Å²) >= 11 is 0. The van der Waals surface area contributed by atoms with Gasteiger partial charge in [-0.05, 0) is 58.3 Å². The third-order valence-corrected chi connectivity index (χ3v) is 3.69. The molecule has 114 valence electrons. The van der Waals surface area contributed by atoms with E-state index in [1.54, 1.807) is 7.11 Å². The Kier molecular flexibility index (Phi) is 10.4. The molecule has 0 aromatic rings. The second kappa shape index (κ2) is 11.6. The standard InChI is InChI=1S/C15H32N2O2/c1-3-9-17-10-4-6-15(7-11-17)16-8-5-12-19-14-13-18-2/h15-16H,3-14H2,1-2H3. The molecule has 1 rings (SSSR count). The molecule has 1 aliphatic rings. The van der Waals surface area contributed by atoms with Crippen molar-refractivity contribution in [3.8, 4) is 0 Å². The van der Waals surface area contributed by atoms with Crippen LogP contribution in [0.25, 0.3) is 0 Å². The van der Waals surface area contributed by atoms with Gasteiger partial charge in [-0.3, -0.25) is 0 Å². The first-order chi connectivity index (χ1) is 9.36. The fourth-order valence-corrected chi connectivity index (χ4v) is 2.62. The Balaban J connectivity index is 1.97. The van der Waals surface area contributed by atoms with Crippen molar-refractivity contribution in [3.63, 3.8) is 0 Å². The van der Waals surface area contributed by atoms with Crippen molar-refractivity contribution in [1.29, 1.82) is 0 Å². The number of rotatable bonds is 10. The minimum Gasteiger partial charge on any atom is -0.382 e. The molecule has 1 atom stereocenters. The predicted octanol–water partition coefficient (Wildman–Crippen LogP) is 1.89. The summed E-state index contributed by atoms with van der Waals surface area (Å²) in [6, 6.07) is 0.709. The number of ether oxygens (including phenoxy) is 2. The Morgan fingerprint density at radius 3 is 2.84 bits per heavy atom. The SMILES string of the molecule is CCCN1CCCC(NCCCOCCOC)CC1. The van der Waals surface area contributed by atoms with Gasteiger partial charge < -0.3 is 19.7 Å². The van der Waals surface area contributed by atoms with Crippen LogP contribution in [0.1, 0.15) is 39.0 Å². The van der Waals surface area contributed by atoms with E-state index in [1.165, 1.54) is 45.3 Å². The molecule has 1 fully saturated rings. The second-order valence-corrected chi connectivity index (χ2v) is 5.38. The van der Waals surface area contributed by atoms with Gasteiger partial charge in [-0.1, -0.05) is 6.92 Å². The molecule has 0 saturated carbocycles. The van der Waals surface area contributed by atoms with Gasteiger partial charge in [0.15, 0.2) is 0 Å². The maximum Gasteiger partial charge on any atom is 0.0700 e. The Hall–Kier alpha value is -0.160. The van der Waals surface area contributed by atoms with Crippen LogP contribution in [0.15, 0.2) is 0 Å². The fourth-order valence-electron chi connectivity index (χ4n) is 2.62. The molecule has 1 N–H and O–H groups in total. The third-order valence-electron chi connectivity index (χ3n) is 3.69. The summed E-state index contributed by atoms with van der Waals surface area (Å²) < 4.78 is 10.4. The van der Waals surface area contributed by atoms with E-state index in [2.05, 4.69) is 17.1 Å². The van der Waals surface area contributed by atoms with Crippen molar-refractivity contribution in [2.75, 3.05) is 53.1 Å². The highest BCUT2D eigenvalue weighted by molar-refractivity contribution is 4.74. The Morgan fingerprint density at radius 2 is 2.05 bits per heavy atom. The largest absolute Gasteiger partial charge is 0.382 e. The Bertz CT molecular complexity index is 203. The van der Waals surface area contributed by atoms with Crippen molar-refractivity contribution in [2.45, 2.75) is 45.1 Å². The highest BCUT2D eigenvalue weighted by Crippen LogP contribution is 2.11. The van der Waals surface area contributed by atoms with Crippen LogP contribution < -0.4 is 5.32 Å². The van der Waals surface area contributed by atoms with E-state index in [1.807, 2.05) is 0 Å². The van der Waals surface area contributed by atoms with Gasteiger partial charge in [0.25, 0.3) is 0 Å². The summed E-state index contributed by atoms with van der Waals surface area (Å²) in [6.45, 7) is 9.40. The lowest BCUT2D eigenvalue weighted by atomic mass is 10.1. The van der Waals surface area contributed by atoms with Gasteiger partial charge in [0, 0.05) is 19.8 Å². The van der Waals surface area contributed by atoms with Gasteiger partial charge in [-0.2, -0.15) is 0 Å². The Morgan fingerprint density at radius 1 is 1.16 bits per heavy atom. The zero-order valence-corrected chi connectivity index (χ0v) is 12.8. The summed E-state index contributed by atoms with van der Waals surface area (Å²) in [6.07, 6.45) is 6.33. The highest BCUT2D eigenvalue weighted by atomic mass is 16.5. The predicted molar refractivity (Wildman–Crippen MR) is 79.7 cm³/mol. The zero-order chi connectivity index (χ0) is 13.8. The van der Waals surface area contributed by atoms with Crippen LogP contribution in [0.5, 0.6) is 0 Å². The smallest absolute Gasteiger partial charge is 0.0700 e. The number of hydrogen-bond donors (Lipinski definition) is 1. The van der Waals surface area contributed by atoms with Crippen LogP contribution in [-0.2, 0) is 9.47 Å². The van der Waals surface area contributed by atoms with Crippen molar-refractivity contribution in [3.05, 3.63) is 0 Å². The topological polar surface area (TPSA) is 33.7 Å². The molecule has 0 radical (unpaired) electrons. The molecule has 0 aliphatic carbocycles. The van der Waals surface area contributed by atoms with Gasteiger partial charge >= 0.3 is 0 Å². The quantitative estimate of drug-likeness (QED) is 0.616. The first-order valence-electron chi connectivity index (χ1n) is 7.89. The molecule has 19 heavy (non-hydrogen) atoms. The molecule has 1 heterocycles. The van der Waals surface area contributed by atoms with Gasteiger partial charge in [0.2, 0.25) is 0 Å². The molecule has 4 heteroatoms. The molecule has 1 saturated heterocycles. The number of methoxy groups -OCH3 is 1. The van der Waals surface area contributed by atoms with Crippen LogP contribution >= 0.6 is 0 Å². The van der Waals surface area contributed by atoms with Gasteiger partial charge in [-0.15, -0.1) is 0 Å². The maximum atomic E-state index is 5.46. The molecule has 0 amide bonds. The Labute approximate surface area is 118 Å². The third kappa shape index (κ3) is 8.58. The molecular weight excluding hydrogens is 240 g/mol. The lowest BCUT2D eigenvalue weighted by molar-refractivity contribution is 0.0692. The zero-order valence-electron chi connectivity index (χ0n) is 12.8. The molecule has 0 bridgehead atoms. The normalized spacial score (nSPS) is 21.5. The van der Waals surface area contributed by atoms with Crippen LogP contribution in [0.4, 0.5) is 0 Å². The average molecular weight is 272 g/mol. The second-order valence-electron chi connectivity index (χ2n) is 5.38. The molecule has 4 nitrogen and oxygen atoms in total. The van der Waals surface area contributed by atoms with E-state index >= 15 is 0 Å². The summed E-state index contributed by atoms with van der Waals surface area (Å²) in [4.78, 5) is 2.61.